The molecule has 1 aromatic heterocycles. The van der Waals surface area contributed by atoms with E-state index in [1.807, 2.05) is 0 Å². The predicted octanol–water partition coefficient (Wildman–Crippen LogP) is 3.08. The summed E-state index contributed by atoms with van der Waals surface area (Å²) in [7, 11) is 1.66. The molecule has 1 heterocycles. The summed E-state index contributed by atoms with van der Waals surface area (Å²) in [4.78, 5) is 12.2. The lowest BCUT2D eigenvalue weighted by molar-refractivity contribution is 0.102. The molecule has 0 atom stereocenters. The number of rotatable bonds is 2. The number of carbonyl (C=O) groups is 1. The summed E-state index contributed by atoms with van der Waals surface area (Å²) in [6.45, 7) is 3.43. The van der Waals surface area contributed by atoms with Gasteiger partial charge in [0.25, 0.3) is 5.91 Å². The highest BCUT2D eigenvalue weighted by atomic mass is 35.5. The van der Waals surface area contributed by atoms with Crippen LogP contribution in [0.4, 0.5) is 10.1 Å². The molecule has 100 valence electrons. The van der Waals surface area contributed by atoms with Gasteiger partial charge in [0.15, 0.2) is 0 Å². The van der Waals surface area contributed by atoms with E-state index in [2.05, 4.69) is 10.4 Å². The zero-order valence-electron chi connectivity index (χ0n) is 10.8. The second-order valence-electron chi connectivity index (χ2n) is 4.29. The third-order valence-electron chi connectivity index (χ3n) is 2.82. The van der Waals surface area contributed by atoms with E-state index < -0.39 is 0 Å². The van der Waals surface area contributed by atoms with Crippen molar-refractivity contribution in [1.29, 1.82) is 0 Å². The number of hydrogen-bond acceptors (Lipinski definition) is 2. The lowest BCUT2D eigenvalue weighted by Crippen LogP contribution is -2.14. The minimum absolute atomic E-state index is 0.273. The zero-order chi connectivity index (χ0) is 14.2. The van der Waals surface area contributed by atoms with Crippen LogP contribution in [-0.2, 0) is 7.05 Å². The second kappa shape index (κ2) is 5.01. The Labute approximate surface area is 115 Å². The van der Waals surface area contributed by atoms with E-state index in [1.54, 1.807) is 20.9 Å². The molecule has 1 aromatic carbocycles. The number of anilines is 1. The van der Waals surface area contributed by atoms with Gasteiger partial charge < -0.3 is 5.32 Å². The first-order chi connectivity index (χ1) is 8.90. The Hall–Kier alpha value is -1.88. The monoisotopic (exact) mass is 281 g/mol. The molecule has 0 aliphatic heterocycles. The first kappa shape index (κ1) is 13.5. The fourth-order valence-electron chi connectivity index (χ4n) is 1.84. The SMILES string of the molecule is Cc1cc(F)ccc1NC(=O)c1c(C)nn(C)c1Cl. The number of aryl methyl sites for hydroxylation is 3. The topological polar surface area (TPSA) is 46.9 Å². The number of nitrogens with zero attached hydrogens (tertiary/aromatic N) is 2. The van der Waals surface area contributed by atoms with Crippen molar-refractivity contribution >= 4 is 23.2 Å². The Morgan fingerprint density at radius 3 is 2.63 bits per heavy atom. The number of hydrogen-bond donors (Lipinski definition) is 1. The van der Waals surface area contributed by atoms with E-state index in [0.29, 0.717) is 22.5 Å². The Bertz CT molecular complexity index is 652. The van der Waals surface area contributed by atoms with Crippen molar-refractivity contribution in [3.63, 3.8) is 0 Å². The average Bonchev–Trinajstić information content (AvgIpc) is 2.57. The van der Waals surface area contributed by atoms with Crippen LogP contribution in [0.5, 0.6) is 0 Å². The summed E-state index contributed by atoms with van der Waals surface area (Å²) < 4.78 is 14.4. The molecule has 6 heteroatoms. The Balaban J connectivity index is 2.31. The molecule has 0 spiro atoms. The second-order valence-corrected chi connectivity index (χ2v) is 4.65. The molecular weight excluding hydrogens is 269 g/mol. The summed E-state index contributed by atoms with van der Waals surface area (Å²) in [5, 5.41) is 7.05. The molecule has 19 heavy (non-hydrogen) atoms. The van der Waals surface area contributed by atoms with Crippen molar-refractivity contribution in [3.8, 4) is 0 Å². The van der Waals surface area contributed by atoms with Crippen molar-refractivity contribution in [2.45, 2.75) is 13.8 Å². The fraction of sp³-hybridized carbons (Fsp3) is 0.231. The molecule has 2 rings (SSSR count). The normalized spacial score (nSPS) is 10.6. The van der Waals surface area contributed by atoms with Crippen LogP contribution in [0.2, 0.25) is 5.15 Å². The Kier molecular flexibility index (Phi) is 3.57. The Morgan fingerprint density at radius 1 is 1.42 bits per heavy atom. The molecule has 0 aliphatic carbocycles. The van der Waals surface area contributed by atoms with Gasteiger partial charge in [0.1, 0.15) is 11.0 Å². The number of aromatic nitrogens is 2. The van der Waals surface area contributed by atoms with Crippen molar-refractivity contribution in [3.05, 3.63) is 46.0 Å². The summed E-state index contributed by atoms with van der Waals surface area (Å²) in [6.07, 6.45) is 0. The van der Waals surface area contributed by atoms with Crippen LogP contribution in [0.25, 0.3) is 0 Å². The maximum Gasteiger partial charge on any atom is 0.260 e. The zero-order valence-corrected chi connectivity index (χ0v) is 11.5. The van der Waals surface area contributed by atoms with Crippen LogP contribution in [-0.4, -0.2) is 15.7 Å². The van der Waals surface area contributed by atoms with Gasteiger partial charge in [-0.3, -0.25) is 9.48 Å². The molecule has 0 aliphatic rings. The van der Waals surface area contributed by atoms with Crippen LogP contribution in [0.3, 0.4) is 0 Å². The Morgan fingerprint density at radius 2 is 2.11 bits per heavy atom. The van der Waals surface area contributed by atoms with E-state index in [-0.39, 0.29) is 16.9 Å². The lowest BCUT2D eigenvalue weighted by Gasteiger charge is -2.08. The first-order valence-corrected chi connectivity index (χ1v) is 6.04. The van der Waals surface area contributed by atoms with Crippen LogP contribution in [0.15, 0.2) is 18.2 Å². The largest absolute Gasteiger partial charge is 0.322 e. The van der Waals surface area contributed by atoms with E-state index in [1.165, 1.54) is 22.9 Å². The molecule has 0 fully saturated rings. The van der Waals surface area contributed by atoms with Crippen molar-refractivity contribution in [1.82, 2.24) is 9.78 Å². The predicted molar refractivity (Wildman–Crippen MR) is 72.0 cm³/mol. The summed E-state index contributed by atoms with van der Waals surface area (Å²) in [6, 6.07) is 4.16. The third-order valence-corrected chi connectivity index (χ3v) is 3.25. The van der Waals surface area contributed by atoms with E-state index in [0.717, 1.165) is 0 Å². The first-order valence-electron chi connectivity index (χ1n) is 5.66. The lowest BCUT2D eigenvalue weighted by atomic mass is 10.2. The van der Waals surface area contributed by atoms with Gasteiger partial charge in [-0.1, -0.05) is 11.6 Å². The molecule has 0 radical (unpaired) electrons. The van der Waals surface area contributed by atoms with Gasteiger partial charge in [0.05, 0.1) is 11.3 Å². The smallest absolute Gasteiger partial charge is 0.260 e. The van der Waals surface area contributed by atoms with Gasteiger partial charge in [0.2, 0.25) is 0 Å². The van der Waals surface area contributed by atoms with Crippen molar-refractivity contribution < 1.29 is 9.18 Å². The highest BCUT2D eigenvalue weighted by Crippen LogP contribution is 2.22. The molecule has 0 bridgehead atoms. The highest BCUT2D eigenvalue weighted by Gasteiger charge is 2.19. The van der Waals surface area contributed by atoms with Crippen molar-refractivity contribution in [2.24, 2.45) is 7.05 Å². The third kappa shape index (κ3) is 2.61. The van der Waals surface area contributed by atoms with E-state index >= 15 is 0 Å². The molecular formula is C13H13ClFN3O. The molecule has 4 nitrogen and oxygen atoms in total. The van der Waals surface area contributed by atoms with Gasteiger partial charge in [-0.2, -0.15) is 5.10 Å². The highest BCUT2D eigenvalue weighted by molar-refractivity contribution is 6.33. The summed E-state index contributed by atoms with van der Waals surface area (Å²) in [5.41, 5.74) is 2.06. The molecule has 0 saturated heterocycles. The maximum absolute atomic E-state index is 13.0. The van der Waals surface area contributed by atoms with E-state index in [9.17, 15) is 9.18 Å². The van der Waals surface area contributed by atoms with Crippen LogP contribution in [0.1, 0.15) is 21.6 Å². The molecule has 0 unspecified atom stereocenters. The standard InChI is InChI=1S/C13H13ClFN3O/c1-7-6-9(15)4-5-10(7)16-13(19)11-8(2)17-18(3)12(11)14/h4-6H,1-3H3,(H,16,19). The van der Waals surface area contributed by atoms with Crippen LogP contribution in [0, 0.1) is 19.7 Å². The van der Waals surface area contributed by atoms with Gasteiger partial charge in [0, 0.05) is 12.7 Å². The van der Waals surface area contributed by atoms with Gasteiger partial charge >= 0.3 is 0 Å². The fourth-order valence-corrected chi connectivity index (χ4v) is 2.10. The van der Waals surface area contributed by atoms with Gasteiger partial charge in [-0.15, -0.1) is 0 Å². The van der Waals surface area contributed by atoms with Crippen molar-refractivity contribution in [2.75, 3.05) is 5.32 Å². The average molecular weight is 282 g/mol. The number of carbonyl (C=O) groups excluding carboxylic acids is 1. The summed E-state index contributed by atoms with van der Waals surface area (Å²) >= 11 is 6.02. The molecule has 0 saturated carbocycles. The van der Waals surface area contributed by atoms with Gasteiger partial charge in [-0.05, 0) is 37.6 Å². The van der Waals surface area contributed by atoms with E-state index in [4.69, 9.17) is 11.6 Å². The van der Waals surface area contributed by atoms with Gasteiger partial charge in [-0.25, -0.2) is 4.39 Å². The summed E-state index contributed by atoms with van der Waals surface area (Å²) in [5.74, 6) is -0.698. The quantitative estimate of drug-likeness (QED) is 0.919. The number of benzene rings is 1. The maximum atomic E-state index is 13.0. The minimum Gasteiger partial charge on any atom is -0.322 e. The number of amides is 1. The number of halogens is 2. The van der Waals surface area contributed by atoms with Crippen LogP contribution < -0.4 is 5.32 Å². The number of nitrogens with one attached hydrogen (secondary N) is 1. The molecule has 2 aromatic rings. The molecule has 1 amide bonds. The minimum atomic E-state index is -0.356. The van der Waals surface area contributed by atoms with Crippen LogP contribution >= 0.6 is 11.6 Å². The molecule has 1 N–H and O–H groups in total.